The van der Waals surface area contributed by atoms with E-state index in [2.05, 4.69) is 11.7 Å². The summed E-state index contributed by atoms with van der Waals surface area (Å²) in [6.45, 7) is 5.27. The first kappa shape index (κ1) is 20.5. The summed E-state index contributed by atoms with van der Waals surface area (Å²) in [6, 6.07) is 21.4. The van der Waals surface area contributed by atoms with E-state index in [-0.39, 0.29) is 11.3 Å². The molecule has 2 atom stereocenters. The van der Waals surface area contributed by atoms with E-state index in [1.165, 1.54) is 14.0 Å². The van der Waals surface area contributed by atoms with Crippen LogP contribution in [-0.2, 0) is 14.3 Å². The van der Waals surface area contributed by atoms with Crippen LogP contribution in [0.1, 0.15) is 18.4 Å². The number of anilines is 1. The fourth-order valence-corrected chi connectivity index (χ4v) is 4.05. The highest BCUT2D eigenvalue weighted by atomic mass is 19.1. The molecule has 31 heavy (non-hydrogen) atoms. The summed E-state index contributed by atoms with van der Waals surface area (Å²) >= 11 is 0. The number of ether oxygens (including phenoxy) is 1. The molecule has 6 heteroatoms. The van der Waals surface area contributed by atoms with E-state index in [9.17, 15) is 9.59 Å². The first-order chi connectivity index (χ1) is 14.9. The lowest BCUT2D eigenvalue weighted by atomic mass is 9.74. The highest BCUT2D eigenvalue weighted by Gasteiger charge is 2.58. The van der Waals surface area contributed by atoms with Crippen LogP contribution in [0.25, 0.3) is 10.8 Å². The zero-order chi connectivity index (χ0) is 22.2. The molecule has 1 aliphatic heterocycles. The monoisotopic (exact) mass is 416 g/mol. The number of carbonyl (C=O) groups is 2. The third kappa shape index (κ3) is 3.20. The molecule has 0 N–H and O–H groups in total. The Morgan fingerprint density at radius 2 is 1.71 bits per heavy atom. The van der Waals surface area contributed by atoms with E-state index in [0.717, 1.165) is 15.8 Å². The van der Waals surface area contributed by atoms with Crippen LogP contribution >= 0.6 is 0 Å². The van der Waals surface area contributed by atoms with Gasteiger partial charge < -0.3 is 4.74 Å². The van der Waals surface area contributed by atoms with Crippen LogP contribution in [0.2, 0.25) is 0 Å². The largest absolute Gasteiger partial charge is 0.466 e. The van der Waals surface area contributed by atoms with E-state index < -0.39 is 23.5 Å². The Labute approximate surface area is 179 Å². The Morgan fingerprint density at radius 3 is 2.42 bits per heavy atom. The van der Waals surface area contributed by atoms with Crippen molar-refractivity contribution in [3.05, 3.63) is 90.5 Å². The summed E-state index contributed by atoms with van der Waals surface area (Å²) in [6.07, 6.45) is 0. The fourth-order valence-electron chi connectivity index (χ4n) is 4.05. The SMILES string of the molecule is C=C(C(=O)OC)C(c1cccc2ccccc12)C1(F)C(=O)N(c2ccccc2)N=C1C. The summed E-state index contributed by atoms with van der Waals surface area (Å²) in [5.41, 5.74) is -1.91. The number of halogens is 1. The van der Waals surface area contributed by atoms with Gasteiger partial charge >= 0.3 is 5.97 Å². The Kier molecular flexibility index (Phi) is 5.15. The van der Waals surface area contributed by atoms with Crippen LogP contribution in [0, 0.1) is 0 Å². The maximum absolute atomic E-state index is 16.9. The molecule has 1 aliphatic rings. The molecule has 1 amide bonds. The van der Waals surface area contributed by atoms with Crippen LogP contribution in [0.4, 0.5) is 10.1 Å². The van der Waals surface area contributed by atoms with Gasteiger partial charge in [0.2, 0.25) is 5.67 Å². The zero-order valence-corrected chi connectivity index (χ0v) is 17.2. The highest BCUT2D eigenvalue weighted by Crippen LogP contribution is 2.45. The van der Waals surface area contributed by atoms with Crippen LogP contribution in [-0.4, -0.2) is 30.4 Å². The molecule has 5 nitrogen and oxygen atoms in total. The molecule has 0 aromatic heterocycles. The molecule has 0 bridgehead atoms. The predicted molar refractivity (Wildman–Crippen MR) is 119 cm³/mol. The maximum Gasteiger partial charge on any atom is 0.333 e. The number of nitrogens with zero attached hydrogens (tertiary/aromatic N) is 2. The molecule has 4 rings (SSSR count). The van der Waals surface area contributed by atoms with E-state index >= 15 is 4.39 Å². The van der Waals surface area contributed by atoms with Crippen molar-refractivity contribution in [2.45, 2.75) is 18.5 Å². The summed E-state index contributed by atoms with van der Waals surface area (Å²) in [4.78, 5) is 25.9. The third-order valence-corrected chi connectivity index (χ3v) is 5.61. The van der Waals surface area contributed by atoms with Crippen molar-refractivity contribution in [2.75, 3.05) is 12.1 Å². The average molecular weight is 416 g/mol. The van der Waals surface area contributed by atoms with Gasteiger partial charge in [-0.3, -0.25) is 4.79 Å². The van der Waals surface area contributed by atoms with Crippen LogP contribution < -0.4 is 5.01 Å². The van der Waals surface area contributed by atoms with E-state index in [0.29, 0.717) is 11.3 Å². The quantitative estimate of drug-likeness (QED) is 0.444. The van der Waals surface area contributed by atoms with Crippen LogP contribution in [0.5, 0.6) is 0 Å². The number of hydrazone groups is 1. The number of hydrogen-bond acceptors (Lipinski definition) is 4. The number of hydrogen-bond donors (Lipinski definition) is 0. The van der Waals surface area contributed by atoms with Crippen LogP contribution in [0.3, 0.4) is 0 Å². The molecule has 0 spiro atoms. The van der Waals surface area contributed by atoms with Gasteiger partial charge in [-0.2, -0.15) is 10.1 Å². The van der Waals surface area contributed by atoms with Crippen molar-refractivity contribution in [3.8, 4) is 0 Å². The lowest BCUT2D eigenvalue weighted by molar-refractivity contribution is -0.137. The number of rotatable bonds is 5. The molecule has 1 heterocycles. The molecular weight excluding hydrogens is 395 g/mol. The Morgan fingerprint density at radius 1 is 1.06 bits per heavy atom. The minimum Gasteiger partial charge on any atom is -0.466 e. The second-order valence-corrected chi connectivity index (χ2v) is 7.37. The first-order valence-corrected chi connectivity index (χ1v) is 9.78. The van der Waals surface area contributed by atoms with Gasteiger partial charge in [-0.05, 0) is 35.4 Å². The topological polar surface area (TPSA) is 59.0 Å². The zero-order valence-electron chi connectivity index (χ0n) is 17.2. The van der Waals surface area contributed by atoms with Crippen molar-refractivity contribution in [2.24, 2.45) is 5.10 Å². The number of carbonyl (C=O) groups excluding carboxylic acids is 2. The standard InChI is InChI=1S/C25H21FN2O3/c1-16(23(29)31-3)22(21-15-9-11-18-10-7-8-14-20(18)21)25(26)17(2)27-28(24(25)30)19-12-5-4-6-13-19/h4-15,22H,1H2,2-3H3. The summed E-state index contributed by atoms with van der Waals surface area (Å²) < 4.78 is 21.7. The Balaban J connectivity index is 1.92. The summed E-state index contributed by atoms with van der Waals surface area (Å²) in [5, 5.41) is 6.83. The molecule has 3 aromatic carbocycles. The third-order valence-electron chi connectivity index (χ3n) is 5.61. The fraction of sp³-hybridized carbons (Fsp3) is 0.160. The van der Waals surface area contributed by atoms with Gasteiger partial charge in [-0.1, -0.05) is 67.2 Å². The van der Waals surface area contributed by atoms with Crippen molar-refractivity contribution in [3.63, 3.8) is 0 Å². The molecular formula is C25H21FN2O3. The molecule has 2 unspecified atom stereocenters. The number of benzene rings is 3. The molecule has 156 valence electrons. The number of para-hydroxylation sites is 1. The first-order valence-electron chi connectivity index (χ1n) is 9.78. The minimum atomic E-state index is -2.61. The van der Waals surface area contributed by atoms with Gasteiger partial charge in [0.15, 0.2) is 0 Å². The van der Waals surface area contributed by atoms with Gasteiger partial charge in [0, 0.05) is 5.57 Å². The molecule has 3 aromatic rings. The van der Waals surface area contributed by atoms with E-state index in [1.54, 1.807) is 42.5 Å². The number of esters is 1. The maximum atomic E-state index is 16.9. The van der Waals surface area contributed by atoms with E-state index in [4.69, 9.17) is 4.74 Å². The summed E-state index contributed by atoms with van der Waals surface area (Å²) in [5.74, 6) is -2.97. The Bertz CT molecular complexity index is 1220. The second-order valence-electron chi connectivity index (χ2n) is 7.37. The number of alkyl halides is 1. The smallest absolute Gasteiger partial charge is 0.333 e. The lowest BCUT2D eigenvalue weighted by Crippen LogP contribution is -2.48. The van der Waals surface area contributed by atoms with Crippen molar-refractivity contribution in [1.82, 2.24) is 0 Å². The van der Waals surface area contributed by atoms with Crippen molar-refractivity contribution in [1.29, 1.82) is 0 Å². The van der Waals surface area contributed by atoms with E-state index in [1.807, 2.05) is 30.3 Å². The molecule has 0 fully saturated rings. The van der Waals surface area contributed by atoms with Gasteiger partial charge in [0.25, 0.3) is 5.91 Å². The second kappa shape index (κ2) is 7.80. The highest BCUT2D eigenvalue weighted by molar-refractivity contribution is 6.23. The number of amides is 1. The number of fused-ring (bicyclic) bond motifs is 1. The molecule has 0 radical (unpaired) electrons. The van der Waals surface area contributed by atoms with Gasteiger partial charge in [-0.15, -0.1) is 0 Å². The van der Waals surface area contributed by atoms with Gasteiger partial charge in [0.05, 0.1) is 24.4 Å². The molecule has 0 saturated carbocycles. The summed E-state index contributed by atoms with van der Waals surface area (Å²) in [7, 11) is 1.20. The molecule has 0 saturated heterocycles. The van der Waals surface area contributed by atoms with Crippen molar-refractivity contribution < 1.29 is 18.7 Å². The van der Waals surface area contributed by atoms with Gasteiger partial charge in [0.1, 0.15) is 0 Å². The lowest BCUT2D eigenvalue weighted by Gasteiger charge is -2.31. The van der Waals surface area contributed by atoms with Gasteiger partial charge in [-0.25, -0.2) is 9.18 Å². The normalized spacial score (nSPS) is 19.3. The van der Waals surface area contributed by atoms with Crippen molar-refractivity contribution >= 4 is 34.0 Å². The molecule has 0 aliphatic carbocycles. The average Bonchev–Trinajstić information content (AvgIpc) is 3.03. The predicted octanol–water partition coefficient (Wildman–Crippen LogP) is 4.78. The number of methoxy groups -OCH3 is 1. The minimum absolute atomic E-state index is 0.0515. The Hall–Kier alpha value is -3.80. The van der Waals surface area contributed by atoms with Crippen LogP contribution in [0.15, 0.2) is 90.0 Å².